The quantitative estimate of drug-likeness (QED) is 0.623. The summed E-state index contributed by atoms with van der Waals surface area (Å²) in [5, 5.41) is 3.97. The molecule has 142 valence electrons. The van der Waals surface area contributed by atoms with Crippen molar-refractivity contribution in [1.29, 1.82) is 0 Å². The topological polar surface area (TPSA) is 75.8 Å². The van der Waals surface area contributed by atoms with Gasteiger partial charge in [0.1, 0.15) is 11.6 Å². The molecule has 0 spiro atoms. The van der Waals surface area contributed by atoms with Crippen LogP contribution in [0.25, 0.3) is 11.4 Å². The average Bonchev–Trinajstić information content (AvgIpc) is 3.16. The van der Waals surface area contributed by atoms with Gasteiger partial charge >= 0.3 is 0 Å². The molecule has 0 amide bonds. The van der Waals surface area contributed by atoms with Crippen molar-refractivity contribution in [3.63, 3.8) is 0 Å². The number of hydrogen-bond donors (Lipinski definition) is 0. The molecule has 0 radical (unpaired) electrons. The third-order valence-corrected chi connectivity index (χ3v) is 3.90. The van der Waals surface area contributed by atoms with Crippen LogP contribution in [0.4, 0.5) is 4.39 Å². The van der Waals surface area contributed by atoms with Crippen LogP contribution in [-0.2, 0) is 6.61 Å². The Kier molecular flexibility index (Phi) is 5.44. The Bertz CT molecular complexity index is 942. The van der Waals surface area contributed by atoms with Crippen LogP contribution >= 0.6 is 0 Å². The molecule has 0 atom stereocenters. The van der Waals surface area contributed by atoms with Crippen LogP contribution in [0.15, 0.2) is 34.9 Å². The van der Waals surface area contributed by atoms with E-state index in [0.717, 1.165) is 0 Å². The van der Waals surface area contributed by atoms with Crippen molar-refractivity contribution in [2.75, 3.05) is 21.3 Å². The van der Waals surface area contributed by atoms with Crippen molar-refractivity contribution >= 4 is 0 Å². The lowest BCUT2D eigenvalue weighted by Gasteiger charge is -2.13. The van der Waals surface area contributed by atoms with E-state index >= 15 is 0 Å². The van der Waals surface area contributed by atoms with Crippen LogP contribution in [0.3, 0.4) is 0 Å². The first-order chi connectivity index (χ1) is 13.1. The molecule has 0 N–H and O–H groups in total. The van der Waals surface area contributed by atoms with Gasteiger partial charge in [-0.1, -0.05) is 5.16 Å². The minimum absolute atomic E-state index is 0.0493. The monoisotopic (exact) mass is 374 g/mol. The number of ether oxygens (including phenoxy) is 4. The van der Waals surface area contributed by atoms with Gasteiger partial charge in [0.2, 0.25) is 11.6 Å². The van der Waals surface area contributed by atoms with Crippen molar-refractivity contribution in [3.05, 3.63) is 47.6 Å². The summed E-state index contributed by atoms with van der Waals surface area (Å²) in [7, 11) is 4.57. The minimum Gasteiger partial charge on any atom is -0.493 e. The molecule has 0 saturated carbocycles. The normalized spacial score (nSPS) is 10.6. The van der Waals surface area contributed by atoms with Crippen molar-refractivity contribution in [1.82, 2.24) is 10.1 Å². The number of hydrogen-bond acceptors (Lipinski definition) is 7. The van der Waals surface area contributed by atoms with Crippen LogP contribution in [0.2, 0.25) is 0 Å². The summed E-state index contributed by atoms with van der Waals surface area (Å²) in [5.74, 6) is 2.20. The highest BCUT2D eigenvalue weighted by Gasteiger charge is 2.20. The molecule has 2 aromatic carbocycles. The standard InChI is InChI=1S/C19H19FN2O5/c1-11-9-12(5-7-14(11)20)26-10-16-21-19(22-27-16)13-6-8-15(23-2)18(25-4)17(13)24-3/h5-9H,10H2,1-4H3. The summed E-state index contributed by atoms with van der Waals surface area (Å²) >= 11 is 0. The van der Waals surface area contributed by atoms with Gasteiger partial charge in [-0.3, -0.25) is 0 Å². The van der Waals surface area contributed by atoms with E-state index in [0.29, 0.717) is 39.9 Å². The van der Waals surface area contributed by atoms with E-state index in [1.807, 2.05) is 0 Å². The van der Waals surface area contributed by atoms with Crippen molar-refractivity contribution in [3.8, 4) is 34.4 Å². The molecule has 27 heavy (non-hydrogen) atoms. The highest BCUT2D eigenvalue weighted by molar-refractivity contribution is 5.71. The maximum absolute atomic E-state index is 13.3. The Hall–Kier alpha value is -3.29. The van der Waals surface area contributed by atoms with Gasteiger partial charge in [0, 0.05) is 0 Å². The Morgan fingerprint density at radius 3 is 2.44 bits per heavy atom. The smallest absolute Gasteiger partial charge is 0.264 e. The molecule has 1 heterocycles. The van der Waals surface area contributed by atoms with E-state index < -0.39 is 0 Å². The number of aryl methyl sites for hydroxylation is 1. The fraction of sp³-hybridized carbons (Fsp3) is 0.263. The van der Waals surface area contributed by atoms with Crippen molar-refractivity contribution < 1.29 is 27.9 Å². The third-order valence-electron chi connectivity index (χ3n) is 3.90. The van der Waals surface area contributed by atoms with E-state index in [-0.39, 0.29) is 18.3 Å². The van der Waals surface area contributed by atoms with E-state index in [1.54, 1.807) is 25.1 Å². The summed E-state index contributed by atoms with van der Waals surface area (Å²) in [6.07, 6.45) is 0. The fourth-order valence-electron chi connectivity index (χ4n) is 2.55. The molecule has 0 bridgehead atoms. The first-order valence-corrected chi connectivity index (χ1v) is 8.08. The third kappa shape index (κ3) is 3.79. The predicted molar refractivity (Wildman–Crippen MR) is 94.9 cm³/mol. The molecule has 3 rings (SSSR count). The van der Waals surface area contributed by atoms with Gasteiger partial charge in [-0.25, -0.2) is 4.39 Å². The second-order valence-corrected chi connectivity index (χ2v) is 5.59. The van der Waals surface area contributed by atoms with Crippen LogP contribution in [0.5, 0.6) is 23.0 Å². The van der Waals surface area contributed by atoms with Crippen LogP contribution in [0.1, 0.15) is 11.5 Å². The first kappa shape index (κ1) is 18.5. The zero-order valence-electron chi connectivity index (χ0n) is 15.4. The van der Waals surface area contributed by atoms with E-state index in [2.05, 4.69) is 10.1 Å². The Morgan fingerprint density at radius 2 is 1.78 bits per heavy atom. The summed E-state index contributed by atoms with van der Waals surface area (Å²) < 4.78 is 40.2. The average molecular weight is 374 g/mol. The molecule has 0 unspecified atom stereocenters. The molecule has 8 heteroatoms. The molecule has 0 aliphatic rings. The number of nitrogens with zero attached hydrogens (tertiary/aromatic N) is 2. The zero-order valence-corrected chi connectivity index (χ0v) is 15.4. The SMILES string of the molecule is COc1ccc(-c2noc(COc3ccc(F)c(C)c3)n2)c(OC)c1OC. The lowest BCUT2D eigenvalue weighted by molar-refractivity contribution is 0.242. The molecular weight excluding hydrogens is 355 g/mol. The maximum Gasteiger partial charge on any atom is 0.264 e. The van der Waals surface area contributed by atoms with Crippen LogP contribution < -0.4 is 18.9 Å². The Balaban J connectivity index is 1.82. The van der Waals surface area contributed by atoms with E-state index in [4.69, 9.17) is 23.5 Å². The van der Waals surface area contributed by atoms with Gasteiger partial charge in [-0.05, 0) is 42.8 Å². The second kappa shape index (κ2) is 7.94. The summed E-state index contributed by atoms with van der Waals surface area (Å²) in [4.78, 5) is 4.32. The van der Waals surface area contributed by atoms with Gasteiger partial charge in [-0.2, -0.15) is 4.98 Å². The first-order valence-electron chi connectivity index (χ1n) is 8.08. The number of methoxy groups -OCH3 is 3. The predicted octanol–water partition coefficient (Wildman–Crippen LogP) is 3.79. The zero-order chi connectivity index (χ0) is 19.4. The van der Waals surface area contributed by atoms with Gasteiger partial charge in [0.05, 0.1) is 26.9 Å². The number of benzene rings is 2. The lowest BCUT2D eigenvalue weighted by Crippen LogP contribution is -1.98. The van der Waals surface area contributed by atoms with E-state index in [9.17, 15) is 4.39 Å². The molecular formula is C19H19FN2O5. The van der Waals surface area contributed by atoms with Crippen LogP contribution in [-0.4, -0.2) is 31.5 Å². The van der Waals surface area contributed by atoms with Gasteiger partial charge in [-0.15, -0.1) is 0 Å². The van der Waals surface area contributed by atoms with Gasteiger partial charge in [0.15, 0.2) is 18.1 Å². The van der Waals surface area contributed by atoms with Crippen molar-refractivity contribution in [2.24, 2.45) is 0 Å². The number of rotatable bonds is 7. The molecule has 1 aromatic heterocycles. The van der Waals surface area contributed by atoms with Gasteiger partial charge < -0.3 is 23.5 Å². The molecule has 0 fully saturated rings. The summed E-state index contributed by atoms with van der Waals surface area (Å²) in [6.45, 7) is 1.71. The summed E-state index contributed by atoms with van der Waals surface area (Å²) in [5.41, 5.74) is 1.08. The second-order valence-electron chi connectivity index (χ2n) is 5.59. The number of aromatic nitrogens is 2. The molecule has 3 aromatic rings. The Labute approximate surface area is 155 Å². The highest BCUT2D eigenvalue weighted by Crippen LogP contribution is 2.43. The van der Waals surface area contributed by atoms with Crippen molar-refractivity contribution in [2.45, 2.75) is 13.5 Å². The molecule has 0 aliphatic heterocycles. The summed E-state index contributed by atoms with van der Waals surface area (Å²) in [6, 6.07) is 7.96. The highest BCUT2D eigenvalue weighted by atomic mass is 19.1. The largest absolute Gasteiger partial charge is 0.493 e. The number of halogens is 1. The molecule has 0 saturated heterocycles. The Morgan fingerprint density at radius 1 is 1.00 bits per heavy atom. The molecule has 0 aliphatic carbocycles. The van der Waals surface area contributed by atoms with Gasteiger partial charge in [0.25, 0.3) is 5.89 Å². The van der Waals surface area contributed by atoms with Crippen LogP contribution in [0, 0.1) is 12.7 Å². The molecule has 7 nitrogen and oxygen atoms in total. The lowest BCUT2D eigenvalue weighted by atomic mass is 10.1. The van der Waals surface area contributed by atoms with E-state index in [1.165, 1.54) is 33.5 Å². The maximum atomic E-state index is 13.3. The fourth-order valence-corrected chi connectivity index (χ4v) is 2.55. The minimum atomic E-state index is -0.289.